The summed E-state index contributed by atoms with van der Waals surface area (Å²) < 4.78 is 7.32. The van der Waals surface area contributed by atoms with E-state index in [0.29, 0.717) is 25.0 Å². The molecule has 5 nitrogen and oxygen atoms in total. The summed E-state index contributed by atoms with van der Waals surface area (Å²) in [6, 6.07) is 6.94. The molecule has 1 fully saturated rings. The first-order valence-corrected chi connectivity index (χ1v) is 10.2. The highest BCUT2D eigenvalue weighted by atomic mass is 16.5. The lowest BCUT2D eigenvalue weighted by Crippen LogP contribution is -2.30. The third kappa shape index (κ3) is 4.02. The van der Waals surface area contributed by atoms with Gasteiger partial charge in [0.25, 0.3) is 0 Å². The lowest BCUT2D eigenvalue weighted by molar-refractivity contribution is -0.141. The number of benzene rings is 1. The fourth-order valence-electron chi connectivity index (χ4n) is 4.65. The molecular weight excluding hydrogens is 338 g/mol. The number of anilines is 1. The van der Waals surface area contributed by atoms with E-state index in [9.17, 15) is 4.79 Å². The molecule has 1 aromatic heterocycles. The molecule has 2 aliphatic rings. The second kappa shape index (κ2) is 8.15. The van der Waals surface area contributed by atoms with E-state index >= 15 is 0 Å². The minimum absolute atomic E-state index is 0.140. The minimum Gasteiger partial charge on any atom is -0.465 e. The van der Waals surface area contributed by atoms with Gasteiger partial charge in [-0.2, -0.15) is 0 Å². The van der Waals surface area contributed by atoms with Crippen molar-refractivity contribution in [2.75, 3.05) is 24.6 Å². The maximum absolute atomic E-state index is 12.1. The lowest BCUT2D eigenvalue weighted by atomic mass is 9.91. The van der Waals surface area contributed by atoms with Crippen LogP contribution in [0.15, 0.2) is 36.9 Å². The smallest absolute Gasteiger partial charge is 0.325 e. The predicted octanol–water partition coefficient (Wildman–Crippen LogP) is 4.10. The number of hydrogen-bond donors (Lipinski definition) is 0. The van der Waals surface area contributed by atoms with Gasteiger partial charge in [0, 0.05) is 37.1 Å². The summed E-state index contributed by atoms with van der Waals surface area (Å²) in [4.78, 5) is 18.4. The molecule has 0 amide bonds. The molecule has 2 aromatic rings. The van der Waals surface area contributed by atoms with E-state index in [0.717, 1.165) is 19.5 Å². The Balaban J connectivity index is 1.55. The molecule has 0 radical (unpaired) electrons. The zero-order valence-corrected chi connectivity index (χ0v) is 16.1. The van der Waals surface area contributed by atoms with Gasteiger partial charge in [-0.15, -0.1) is 0 Å². The first-order valence-electron chi connectivity index (χ1n) is 10.2. The third-order valence-electron chi connectivity index (χ3n) is 6.02. The topological polar surface area (TPSA) is 47.4 Å². The molecule has 5 heteroatoms. The van der Waals surface area contributed by atoms with Crippen molar-refractivity contribution in [2.45, 2.75) is 57.4 Å². The maximum atomic E-state index is 12.1. The van der Waals surface area contributed by atoms with Crippen molar-refractivity contribution >= 4 is 11.7 Å². The highest BCUT2D eigenvalue weighted by molar-refractivity contribution is 5.77. The quantitative estimate of drug-likeness (QED) is 0.691. The molecule has 1 saturated carbocycles. The van der Waals surface area contributed by atoms with Crippen LogP contribution < -0.4 is 4.90 Å². The van der Waals surface area contributed by atoms with Gasteiger partial charge >= 0.3 is 5.97 Å². The van der Waals surface area contributed by atoms with E-state index in [4.69, 9.17) is 4.74 Å². The average molecular weight is 367 g/mol. The van der Waals surface area contributed by atoms with Crippen LogP contribution >= 0.6 is 0 Å². The van der Waals surface area contributed by atoms with E-state index in [-0.39, 0.29) is 5.97 Å². The molecule has 2 heterocycles. The number of carbonyl (C=O) groups excluding carboxylic acids is 1. The van der Waals surface area contributed by atoms with Gasteiger partial charge in [0.15, 0.2) is 0 Å². The monoisotopic (exact) mass is 367 g/mol. The van der Waals surface area contributed by atoms with Gasteiger partial charge in [0.1, 0.15) is 6.54 Å². The van der Waals surface area contributed by atoms with Crippen molar-refractivity contribution < 1.29 is 9.53 Å². The van der Waals surface area contributed by atoms with Crippen LogP contribution in [-0.2, 0) is 16.1 Å². The van der Waals surface area contributed by atoms with Gasteiger partial charge in [0.2, 0.25) is 0 Å². The second-order valence-corrected chi connectivity index (χ2v) is 7.77. The fourth-order valence-corrected chi connectivity index (χ4v) is 4.65. The Kier molecular flexibility index (Phi) is 5.46. The summed E-state index contributed by atoms with van der Waals surface area (Å²) in [5.74, 6) is 1.01. The largest absolute Gasteiger partial charge is 0.465 e. The molecule has 144 valence electrons. The van der Waals surface area contributed by atoms with E-state index in [2.05, 4.69) is 32.7 Å². The number of imidazole rings is 1. The highest BCUT2D eigenvalue weighted by Gasteiger charge is 2.31. The van der Waals surface area contributed by atoms with E-state index in [1.807, 2.05) is 25.6 Å². The van der Waals surface area contributed by atoms with Crippen LogP contribution in [0.3, 0.4) is 0 Å². The van der Waals surface area contributed by atoms with Crippen LogP contribution in [0.25, 0.3) is 0 Å². The van der Waals surface area contributed by atoms with Gasteiger partial charge in [-0.3, -0.25) is 4.79 Å². The number of aryl methyl sites for hydroxylation is 1. The molecule has 1 aliphatic carbocycles. The number of esters is 1. The zero-order valence-electron chi connectivity index (χ0n) is 16.1. The van der Waals surface area contributed by atoms with Crippen molar-refractivity contribution in [2.24, 2.45) is 0 Å². The zero-order chi connectivity index (χ0) is 18.6. The van der Waals surface area contributed by atoms with Crippen molar-refractivity contribution in [3.05, 3.63) is 48.0 Å². The number of hydrogen-bond acceptors (Lipinski definition) is 4. The Morgan fingerprint density at radius 2 is 2.15 bits per heavy atom. The average Bonchev–Trinajstić information content (AvgIpc) is 3.42. The van der Waals surface area contributed by atoms with Crippen molar-refractivity contribution in [1.29, 1.82) is 0 Å². The SMILES string of the molecule is CCOC(=O)CN1CC(CCn2ccnc2)c2cc(C3CCCC3)ccc21. The summed E-state index contributed by atoms with van der Waals surface area (Å²) in [6.07, 6.45) is 12.1. The third-order valence-corrected chi connectivity index (χ3v) is 6.02. The molecule has 0 bridgehead atoms. The van der Waals surface area contributed by atoms with Crippen molar-refractivity contribution in [3.63, 3.8) is 0 Å². The summed E-state index contributed by atoms with van der Waals surface area (Å²) in [6.45, 7) is 4.47. The lowest BCUT2D eigenvalue weighted by Gasteiger charge is -2.19. The van der Waals surface area contributed by atoms with Crippen LogP contribution in [0.4, 0.5) is 5.69 Å². The first kappa shape index (κ1) is 18.1. The molecular formula is C22H29N3O2. The number of fused-ring (bicyclic) bond motifs is 1. The van der Waals surface area contributed by atoms with Crippen molar-refractivity contribution in [1.82, 2.24) is 9.55 Å². The Morgan fingerprint density at radius 3 is 2.89 bits per heavy atom. The van der Waals surface area contributed by atoms with E-state index < -0.39 is 0 Å². The molecule has 0 N–H and O–H groups in total. The maximum Gasteiger partial charge on any atom is 0.325 e. The second-order valence-electron chi connectivity index (χ2n) is 7.77. The number of nitrogens with zero attached hydrogens (tertiary/aromatic N) is 3. The molecule has 4 rings (SSSR count). The van der Waals surface area contributed by atoms with Crippen molar-refractivity contribution in [3.8, 4) is 0 Å². The van der Waals surface area contributed by atoms with Crippen LogP contribution in [0.1, 0.15) is 62.0 Å². The highest BCUT2D eigenvalue weighted by Crippen LogP contribution is 2.42. The van der Waals surface area contributed by atoms with Gasteiger partial charge in [-0.05, 0) is 49.3 Å². The standard InChI is InChI=1S/C22H29N3O2/c1-2-27-22(26)15-25-14-19(9-11-24-12-10-23-16-24)20-13-18(7-8-21(20)25)17-5-3-4-6-17/h7-8,10,12-13,16-17,19H,2-6,9,11,14-15H2,1H3. The van der Waals surface area contributed by atoms with Gasteiger partial charge in [-0.25, -0.2) is 4.98 Å². The summed E-state index contributed by atoms with van der Waals surface area (Å²) in [7, 11) is 0. The summed E-state index contributed by atoms with van der Waals surface area (Å²) >= 11 is 0. The molecule has 1 unspecified atom stereocenters. The summed E-state index contributed by atoms with van der Waals surface area (Å²) in [5, 5.41) is 0. The van der Waals surface area contributed by atoms with Gasteiger partial charge in [-0.1, -0.05) is 25.0 Å². The Hall–Kier alpha value is -2.30. The Labute approximate surface area is 161 Å². The minimum atomic E-state index is -0.140. The van der Waals surface area contributed by atoms with Gasteiger partial charge < -0.3 is 14.2 Å². The molecule has 0 spiro atoms. The molecule has 1 atom stereocenters. The van der Waals surface area contributed by atoms with Crippen LogP contribution in [0.2, 0.25) is 0 Å². The molecule has 0 saturated heterocycles. The first-order chi connectivity index (χ1) is 13.2. The molecule has 1 aromatic carbocycles. The number of ether oxygens (including phenoxy) is 1. The molecule has 1 aliphatic heterocycles. The van der Waals surface area contributed by atoms with Gasteiger partial charge in [0.05, 0.1) is 12.9 Å². The van der Waals surface area contributed by atoms with Crippen LogP contribution in [0, 0.1) is 0 Å². The Morgan fingerprint density at radius 1 is 1.30 bits per heavy atom. The molecule has 27 heavy (non-hydrogen) atoms. The predicted molar refractivity (Wildman–Crippen MR) is 106 cm³/mol. The van der Waals surface area contributed by atoms with E-state index in [1.54, 1.807) is 0 Å². The number of aromatic nitrogens is 2. The normalized spacial score (nSPS) is 19.4. The number of rotatable bonds is 7. The Bertz CT molecular complexity index is 766. The number of carbonyl (C=O) groups is 1. The summed E-state index contributed by atoms with van der Waals surface area (Å²) in [5.41, 5.74) is 4.10. The van der Waals surface area contributed by atoms with Crippen LogP contribution in [0.5, 0.6) is 0 Å². The fraction of sp³-hybridized carbons (Fsp3) is 0.545. The van der Waals surface area contributed by atoms with E-state index in [1.165, 1.54) is 42.5 Å². The van der Waals surface area contributed by atoms with Crippen LogP contribution in [-0.4, -0.2) is 35.2 Å².